The Hall–Kier alpha value is -2.54. The van der Waals surface area contributed by atoms with Crippen molar-refractivity contribution in [2.75, 3.05) is 21.3 Å². The molecule has 1 heterocycles. The fourth-order valence-corrected chi connectivity index (χ4v) is 2.71. The van der Waals surface area contributed by atoms with Crippen LogP contribution < -0.4 is 14.2 Å². The van der Waals surface area contributed by atoms with E-state index in [1.54, 1.807) is 26.7 Å². The number of carbonyl (C=O) groups is 1. The van der Waals surface area contributed by atoms with Crippen LogP contribution in [0.3, 0.4) is 0 Å². The van der Waals surface area contributed by atoms with Gasteiger partial charge in [0.2, 0.25) is 5.75 Å². The molecule has 0 saturated heterocycles. The molecule has 0 radical (unpaired) electrons. The van der Waals surface area contributed by atoms with Gasteiger partial charge < -0.3 is 19.3 Å². The van der Waals surface area contributed by atoms with Crippen molar-refractivity contribution in [2.45, 2.75) is 6.42 Å². The predicted octanol–water partition coefficient (Wildman–Crippen LogP) is 2.97. The van der Waals surface area contributed by atoms with E-state index in [1.165, 1.54) is 11.3 Å². The topological polar surface area (TPSA) is 77.9 Å². The molecule has 0 saturated carbocycles. The molecular weight excluding hydrogens is 318 g/mol. The Morgan fingerprint density at radius 3 is 2.35 bits per heavy atom. The number of thiazole rings is 1. The second-order valence-corrected chi connectivity index (χ2v) is 5.43. The highest BCUT2D eigenvalue weighted by atomic mass is 32.1. The first-order valence-electron chi connectivity index (χ1n) is 6.71. The molecule has 0 atom stereocenters. The van der Waals surface area contributed by atoms with Crippen LogP contribution in [-0.4, -0.2) is 37.4 Å². The predicted molar refractivity (Wildman–Crippen MR) is 88.5 cm³/mol. The minimum absolute atomic E-state index is 0.0749. The summed E-state index contributed by atoms with van der Waals surface area (Å²) in [5, 5.41) is 11.2. The summed E-state index contributed by atoms with van der Waals surface area (Å²) in [5.74, 6) is 0.773. The van der Waals surface area contributed by atoms with Gasteiger partial charge in [-0.3, -0.25) is 4.79 Å². The summed E-state index contributed by atoms with van der Waals surface area (Å²) in [6.07, 6.45) is 3.60. The third-order valence-corrected chi connectivity index (χ3v) is 3.87. The highest BCUT2D eigenvalue weighted by Gasteiger charge is 2.12. The summed E-state index contributed by atoms with van der Waals surface area (Å²) in [6, 6.07) is 3.65. The van der Waals surface area contributed by atoms with Gasteiger partial charge in [0.25, 0.3) is 0 Å². The maximum absolute atomic E-state index is 10.7. The van der Waals surface area contributed by atoms with Crippen LogP contribution in [0.25, 0.3) is 12.2 Å². The van der Waals surface area contributed by atoms with Crippen LogP contribution in [0.4, 0.5) is 0 Å². The number of hydrogen-bond acceptors (Lipinski definition) is 6. The Morgan fingerprint density at radius 1 is 1.17 bits per heavy atom. The van der Waals surface area contributed by atoms with Gasteiger partial charge in [-0.25, -0.2) is 4.98 Å². The van der Waals surface area contributed by atoms with E-state index in [4.69, 9.17) is 19.3 Å². The first-order valence-corrected chi connectivity index (χ1v) is 7.59. The summed E-state index contributed by atoms with van der Waals surface area (Å²) in [4.78, 5) is 14.9. The molecule has 1 aromatic carbocycles. The van der Waals surface area contributed by atoms with E-state index >= 15 is 0 Å². The van der Waals surface area contributed by atoms with E-state index in [9.17, 15) is 4.79 Å². The molecule has 0 aliphatic heterocycles. The Balaban J connectivity index is 2.25. The maximum atomic E-state index is 10.7. The van der Waals surface area contributed by atoms with Gasteiger partial charge >= 0.3 is 5.97 Å². The van der Waals surface area contributed by atoms with Crippen LogP contribution in [0.1, 0.15) is 16.3 Å². The molecule has 0 bridgehead atoms. The molecule has 122 valence electrons. The molecule has 6 nitrogen and oxygen atoms in total. The number of carboxylic acid groups (broad SMARTS) is 1. The minimum atomic E-state index is -0.893. The van der Waals surface area contributed by atoms with Gasteiger partial charge in [-0.2, -0.15) is 0 Å². The first kappa shape index (κ1) is 16.8. The maximum Gasteiger partial charge on any atom is 0.309 e. The van der Waals surface area contributed by atoms with E-state index < -0.39 is 5.97 Å². The summed E-state index contributed by atoms with van der Waals surface area (Å²) in [6.45, 7) is 0. The standard InChI is InChI=1S/C16H17NO5S/c1-20-12-6-10(7-13(21-2)16(12)22-3)4-5-14-17-11(9-23-14)8-15(18)19/h4-7,9H,8H2,1-3H3,(H,18,19)/b5-4+. The molecule has 1 N–H and O–H groups in total. The molecule has 23 heavy (non-hydrogen) atoms. The van der Waals surface area contributed by atoms with E-state index in [0.717, 1.165) is 10.6 Å². The Kier molecular flexibility index (Phi) is 5.59. The molecule has 0 amide bonds. The van der Waals surface area contributed by atoms with Crippen LogP contribution in [0, 0.1) is 0 Å². The van der Waals surface area contributed by atoms with Crippen molar-refractivity contribution in [2.24, 2.45) is 0 Å². The number of methoxy groups -OCH3 is 3. The Morgan fingerprint density at radius 2 is 1.83 bits per heavy atom. The van der Waals surface area contributed by atoms with Gasteiger partial charge in [0.15, 0.2) is 11.5 Å². The summed E-state index contributed by atoms with van der Waals surface area (Å²) in [7, 11) is 4.67. The molecule has 7 heteroatoms. The highest BCUT2D eigenvalue weighted by molar-refractivity contribution is 7.10. The zero-order valence-corrected chi connectivity index (χ0v) is 13.8. The molecule has 0 unspecified atom stereocenters. The Labute approximate surface area is 138 Å². The lowest BCUT2D eigenvalue weighted by Crippen LogP contribution is -1.99. The quantitative estimate of drug-likeness (QED) is 0.838. The lowest BCUT2D eigenvalue weighted by molar-refractivity contribution is -0.136. The smallest absolute Gasteiger partial charge is 0.309 e. The van der Waals surface area contributed by atoms with Gasteiger partial charge in [0, 0.05) is 5.38 Å². The van der Waals surface area contributed by atoms with Crippen molar-refractivity contribution >= 4 is 29.5 Å². The van der Waals surface area contributed by atoms with E-state index in [0.29, 0.717) is 22.9 Å². The van der Waals surface area contributed by atoms with Crippen LogP contribution >= 0.6 is 11.3 Å². The summed E-state index contributed by atoms with van der Waals surface area (Å²) < 4.78 is 15.9. The van der Waals surface area contributed by atoms with Crippen molar-refractivity contribution in [1.82, 2.24) is 4.98 Å². The van der Waals surface area contributed by atoms with Gasteiger partial charge in [-0.05, 0) is 23.8 Å². The van der Waals surface area contributed by atoms with E-state index in [2.05, 4.69) is 4.98 Å². The molecular formula is C16H17NO5S. The second-order valence-electron chi connectivity index (χ2n) is 4.54. The molecule has 1 aromatic heterocycles. The molecule has 0 spiro atoms. The number of hydrogen-bond donors (Lipinski definition) is 1. The largest absolute Gasteiger partial charge is 0.493 e. The van der Waals surface area contributed by atoms with Crippen molar-refractivity contribution in [1.29, 1.82) is 0 Å². The fourth-order valence-electron chi connectivity index (χ4n) is 2.00. The fraction of sp³-hybridized carbons (Fsp3) is 0.250. The van der Waals surface area contributed by atoms with Crippen LogP contribution in [-0.2, 0) is 11.2 Å². The van der Waals surface area contributed by atoms with Gasteiger partial charge in [-0.15, -0.1) is 11.3 Å². The number of ether oxygens (including phenoxy) is 3. The minimum Gasteiger partial charge on any atom is -0.493 e. The third-order valence-electron chi connectivity index (χ3n) is 3.01. The van der Waals surface area contributed by atoms with E-state index in [-0.39, 0.29) is 6.42 Å². The van der Waals surface area contributed by atoms with Crippen molar-refractivity contribution in [3.63, 3.8) is 0 Å². The molecule has 2 aromatic rings. The van der Waals surface area contributed by atoms with Gasteiger partial charge in [-0.1, -0.05) is 6.08 Å². The van der Waals surface area contributed by atoms with Gasteiger partial charge in [0.05, 0.1) is 33.4 Å². The first-order chi connectivity index (χ1) is 11.1. The second kappa shape index (κ2) is 7.64. The number of aromatic nitrogens is 1. The summed E-state index contributed by atoms with van der Waals surface area (Å²) in [5.41, 5.74) is 1.40. The summed E-state index contributed by atoms with van der Waals surface area (Å²) >= 11 is 1.39. The number of rotatable bonds is 7. The number of carboxylic acids is 1. The zero-order valence-electron chi connectivity index (χ0n) is 13.0. The third kappa shape index (κ3) is 4.23. The SMILES string of the molecule is COc1cc(/C=C/c2nc(CC(=O)O)cs2)cc(OC)c1OC. The molecule has 2 rings (SSSR count). The van der Waals surface area contributed by atoms with Crippen LogP contribution in [0.2, 0.25) is 0 Å². The van der Waals surface area contributed by atoms with Crippen molar-refractivity contribution in [3.8, 4) is 17.2 Å². The van der Waals surface area contributed by atoms with Crippen LogP contribution in [0.5, 0.6) is 17.2 Å². The zero-order chi connectivity index (χ0) is 16.8. The molecule has 0 aliphatic rings. The normalized spacial score (nSPS) is 10.7. The average Bonchev–Trinajstić information content (AvgIpc) is 2.98. The molecule has 0 aliphatic carbocycles. The number of nitrogens with zero attached hydrogens (tertiary/aromatic N) is 1. The van der Waals surface area contributed by atoms with E-state index in [1.807, 2.05) is 24.3 Å². The van der Waals surface area contributed by atoms with Crippen molar-refractivity contribution < 1.29 is 24.1 Å². The highest BCUT2D eigenvalue weighted by Crippen LogP contribution is 2.38. The lowest BCUT2D eigenvalue weighted by Gasteiger charge is -2.12. The van der Waals surface area contributed by atoms with Gasteiger partial charge in [0.1, 0.15) is 5.01 Å². The number of aliphatic carboxylic acids is 1. The monoisotopic (exact) mass is 335 g/mol. The lowest BCUT2D eigenvalue weighted by atomic mass is 10.1. The molecule has 0 fully saturated rings. The van der Waals surface area contributed by atoms with Crippen molar-refractivity contribution in [3.05, 3.63) is 33.8 Å². The number of benzene rings is 1. The average molecular weight is 335 g/mol. The van der Waals surface area contributed by atoms with Crippen LogP contribution in [0.15, 0.2) is 17.5 Å². The Bertz CT molecular complexity index is 698.